The predicted octanol–water partition coefficient (Wildman–Crippen LogP) is 2.29. The van der Waals surface area contributed by atoms with Crippen molar-refractivity contribution in [3.05, 3.63) is 47.0 Å². The number of hydrogen-bond acceptors (Lipinski definition) is 5. The third-order valence-corrected chi connectivity index (χ3v) is 3.89. The molecular weight excluding hydrogens is 324 g/mol. The smallest absolute Gasteiger partial charge is 0.308 e. The van der Waals surface area contributed by atoms with Crippen molar-refractivity contribution in [2.24, 2.45) is 5.92 Å². The van der Waals surface area contributed by atoms with Gasteiger partial charge in [0.1, 0.15) is 5.70 Å². The van der Waals surface area contributed by atoms with E-state index in [0.29, 0.717) is 25.1 Å². The Hall–Kier alpha value is -1.95. The van der Waals surface area contributed by atoms with Crippen LogP contribution in [0, 0.1) is 5.92 Å². The molecule has 0 unspecified atom stereocenters. The first-order valence-electron chi connectivity index (χ1n) is 8.05. The van der Waals surface area contributed by atoms with Gasteiger partial charge in [-0.3, -0.25) is 9.59 Å². The van der Waals surface area contributed by atoms with Gasteiger partial charge in [-0.05, 0) is 30.7 Å². The van der Waals surface area contributed by atoms with Crippen LogP contribution >= 0.6 is 12.6 Å². The fraction of sp³-hybridized carbons (Fsp3) is 0.444. The van der Waals surface area contributed by atoms with Crippen LogP contribution in [-0.2, 0) is 20.7 Å². The summed E-state index contributed by atoms with van der Waals surface area (Å²) in [4.78, 5) is 24.2. The molecule has 1 aromatic rings. The molecule has 0 heterocycles. The Morgan fingerprint density at radius 1 is 1.29 bits per heavy atom. The van der Waals surface area contributed by atoms with Crippen molar-refractivity contribution in [2.45, 2.75) is 32.7 Å². The molecule has 24 heavy (non-hydrogen) atoms. The van der Waals surface area contributed by atoms with Crippen molar-refractivity contribution >= 4 is 24.5 Å². The molecule has 1 rings (SSSR count). The van der Waals surface area contributed by atoms with Crippen molar-refractivity contribution in [1.29, 1.82) is 0 Å². The molecule has 2 N–H and O–H groups in total. The minimum absolute atomic E-state index is 0.184. The molecule has 0 fully saturated rings. The lowest BCUT2D eigenvalue weighted by atomic mass is 9.96. The van der Waals surface area contributed by atoms with Crippen LogP contribution in [0.4, 0.5) is 0 Å². The summed E-state index contributed by atoms with van der Waals surface area (Å²) in [5.41, 5.74) is 1.47. The first kappa shape index (κ1) is 20.1. The van der Waals surface area contributed by atoms with Gasteiger partial charge in [-0.15, -0.1) is 12.6 Å². The summed E-state index contributed by atoms with van der Waals surface area (Å²) in [7, 11) is 1.66. The van der Waals surface area contributed by atoms with E-state index in [2.05, 4.69) is 23.3 Å². The molecule has 0 aliphatic rings. The maximum atomic E-state index is 12.3. The van der Waals surface area contributed by atoms with Crippen molar-refractivity contribution in [3.63, 3.8) is 0 Å². The quantitative estimate of drug-likeness (QED) is 0.363. The number of carbonyl (C=O) groups is 2. The van der Waals surface area contributed by atoms with Gasteiger partial charge in [0.2, 0.25) is 0 Å². The second kappa shape index (κ2) is 10.8. The van der Waals surface area contributed by atoms with E-state index >= 15 is 0 Å². The summed E-state index contributed by atoms with van der Waals surface area (Å²) >= 11 is 4.03. The number of carbonyl (C=O) groups excluding carboxylic acids is 2. The molecule has 0 aliphatic carbocycles. The SMILES string of the molecule is CCOC(=O)[C@@H](C)C[C@H](Cc1ccccc1)NC(=O)/C(=C/S)NC. The summed E-state index contributed by atoms with van der Waals surface area (Å²) < 4.78 is 5.06. The molecule has 0 aromatic heterocycles. The lowest BCUT2D eigenvalue weighted by Crippen LogP contribution is -2.41. The Morgan fingerprint density at radius 2 is 1.96 bits per heavy atom. The van der Waals surface area contributed by atoms with Crippen LogP contribution < -0.4 is 10.6 Å². The van der Waals surface area contributed by atoms with Crippen LogP contribution in [-0.4, -0.2) is 31.6 Å². The Kier molecular flexibility index (Phi) is 9.01. The topological polar surface area (TPSA) is 67.4 Å². The molecule has 0 aliphatic heterocycles. The zero-order chi connectivity index (χ0) is 17.9. The van der Waals surface area contributed by atoms with E-state index < -0.39 is 0 Å². The number of rotatable bonds is 9. The number of nitrogens with one attached hydrogen (secondary N) is 2. The van der Waals surface area contributed by atoms with Crippen molar-refractivity contribution < 1.29 is 14.3 Å². The van der Waals surface area contributed by atoms with Gasteiger partial charge in [0.25, 0.3) is 5.91 Å². The average Bonchev–Trinajstić information content (AvgIpc) is 2.57. The van der Waals surface area contributed by atoms with E-state index in [4.69, 9.17) is 4.74 Å². The highest BCUT2D eigenvalue weighted by atomic mass is 32.1. The van der Waals surface area contributed by atoms with Gasteiger partial charge in [-0.1, -0.05) is 37.3 Å². The summed E-state index contributed by atoms with van der Waals surface area (Å²) in [6, 6.07) is 9.67. The molecule has 1 aromatic carbocycles. The maximum Gasteiger partial charge on any atom is 0.308 e. The van der Waals surface area contributed by atoms with Crippen molar-refractivity contribution in [3.8, 4) is 0 Å². The van der Waals surface area contributed by atoms with Crippen molar-refractivity contribution in [2.75, 3.05) is 13.7 Å². The van der Waals surface area contributed by atoms with Gasteiger partial charge in [0, 0.05) is 13.1 Å². The van der Waals surface area contributed by atoms with Crippen LogP contribution in [0.3, 0.4) is 0 Å². The van der Waals surface area contributed by atoms with Gasteiger partial charge < -0.3 is 15.4 Å². The summed E-state index contributed by atoms with van der Waals surface area (Å²) in [5.74, 6) is -0.787. The number of thiol groups is 1. The molecule has 0 saturated carbocycles. The molecule has 1 amide bonds. The molecule has 0 saturated heterocycles. The lowest BCUT2D eigenvalue weighted by molar-refractivity contribution is -0.148. The average molecular weight is 350 g/mol. The number of ether oxygens (including phenoxy) is 1. The summed E-state index contributed by atoms with van der Waals surface area (Å²) in [6.45, 7) is 3.95. The van der Waals surface area contributed by atoms with Crippen LogP contribution in [0.25, 0.3) is 0 Å². The predicted molar refractivity (Wildman–Crippen MR) is 98.6 cm³/mol. The first-order chi connectivity index (χ1) is 11.5. The Labute approximate surface area is 149 Å². The number of hydrogen-bond donors (Lipinski definition) is 3. The Bertz CT molecular complexity index is 561. The van der Waals surface area contributed by atoms with Crippen LogP contribution in [0.15, 0.2) is 41.4 Å². The largest absolute Gasteiger partial charge is 0.466 e. The monoisotopic (exact) mass is 350 g/mol. The zero-order valence-corrected chi connectivity index (χ0v) is 15.3. The Morgan fingerprint density at radius 3 is 2.50 bits per heavy atom. The lowest BCUT2D eigenvalue weighted by Gasteiger charge is -2.22. The van der Waals surface area contributed by atoms with Crippen LogP contribution in [0.5, 0.6) is 0 Å². The number of amides is 1. The summed E-state index contributed by atoms with van der Waals surface area (Å²) in [5, 5.41) is 7.19. The normalized spacial score (nSPS) is 13.8. The van der Waals surface area contributed by atoms with E-state index in [1.54, 1.807) is 14.0 Å². The molecule has 0 bridgehead atoms. The fourth-order valence-corrected chi connectivity index (χ4v) is 2.65. The minimum atomic E-state index is -0.294. The Balaban J connectivity index is 2.82. The molecule has 6 heteroatoms. The third kappa shape index (κ3) is 6.66. The van der Waals surface area contributed by atoms with E-state index in [1.165, 1.54) is 5.41 Å². The second-order valence-corrected chi connectivity index (χ2v) is 5.80. The van der Waals surface area contributed by atoms with Gasteiger partial charge >= 0.3 is 5.97 Å². The van der Waals surface area contributed by atoms with Gasteiger partial charge in [-0.2, -0.15) is 0 Å². The molecule has 132 valence electrons. The van der Waals surface area contributed by atoms with Crippen LogP contribution in [0.2, 0.25) is 0 Å². The van der Waals surface area contributed by atoms with Gasteiger partial charge in [0.15, 0.2) is 0 Å². The highest BCUT2D eigenvalue weighted by molar-refractivity contribution is 7.83. The maximum absolute atomic E-state index is 12.3. The highest BCUT2D eigenvalue weighted by Gasteiger charge is 2.22. The zero-order valence-electron chi connectivity index (χ0n) is 14.4. The van der Waals surface area contributed by atoms with E-state index in [1.807, 2.05) is 37.3 Å². The van der Waals surface area contributed by atoms with Gasteiger partial charge in [0.05, 0.1) is 12.5 Å². The third-order valence-electron chi connectivity index (χ3n) is 3.63. The number of likely N-dealkylation sites (N-methyl/N-ethyl adjacent to an activating group) is 1. The first-order valence-corrected chi connectivity index (χ1v) is 8.57. The van der Waals surface area contributed by atoms with Gasteiger partial charge in [-0.25, -0.2) is 0 Å². The molecule has 5 nitrogen and oxygen atoms in total. The second-order valence-electron chi connectivity index (χ2n) is 5.54. The molecular formula is C18H26N2O3S. The highest BCUT2D eigenvalue weighted by Crippen LogP contribution is 2.14. The van der Waals surface area contributed by atoms with E-state index in [9.17, 15) is 9.59 Å². The summed E-state index contributed by atoms with van der Waals surface area (Å²) in [6.07, 6.45) is 1.14. The standard InChI is InChI=1S/C18H26N2O3S/c1-4-23-18(22)13(2)10-15(11-14-8-6-5-7-9-14)20-17(21)16(12-24)19-3/h5-9,12-13,15,19,24H,4,10-11H2,1-3H3,(H,20,21)/b16-12-/t13-,15+/m0/s1. The van der Waals surface area contributed by atoms with E-state index in [-0.39, 0.29) is 23.8 Å². The molecule has 2 atom stereocenters. The fourth-order valence-electron chi connectivity index (χ4n) is 2.40. The number of esters is 1. The number of benzene rings is 1. The van der Waals surface area contributed by atoms with Crippen LogP contribution in [0.1, 0.15) is 25.8 Å². The van der Waals surface area contributed by atoms with Crippen molar-refractivity contribution in [1.82, 2.24) is 10.6 Å². The molecule has 0 radical (unpaired) electrons. The minimum Gasteiger partial charge on any atom is -0.466 e. The van der Waals surface area contributed by atoms with E-state index in [0.717, 1.165) is 5.56 Å². The molecule has 0 spiro atoms.